The van der Waals surface area contributed by atoms with E-state index in [0.29, 0.717) is 0 Å². The van der Waals surface area contributed by atoms with Crippen molar-refractivity contribution in [3.05, 3.63) is 29.6 Å². The molecule has 0 radical (unpaired) electrons. The van der Waals surface area contributed by atoms with Crippen LogP contribution in [0.2, 0.25) is 0 Å². The van der Waals surface area contributed by atoms with Gasteiger partial charge in [0.1, 0.15) is 5.82 Å². The van der Waals surface area contributed by atoms with E-state index in [-0.39, 0.29) is 17.4 Å². The third-order valence-electron chi connectivity index (χ3n) is 3.78. The van der Waals surface area contributed by atoms with Gasteiger partial charge in [-0.25, -0.2) is 4.39 Å². The lowest BCUT2D eigenvalue weighted by molar-refractivity contribution is 0.515. The molecule has 0 saturated carbocycles. The first-order valence-corrected chi connectivity index (χ1v) is 6.72. The molecule has 1 saturated heterocycles. The van der Waals surface area contributed by atoms with E-state index in [2.05, 4.69) is 18.7 Å². The summed E-state index contributed by atoms with van der Waals surface area (Å²) >= 11 is 0. The summed E-state index contributed by atoms with van der Waals surface area (Å²) in [5.41, 5.74) is 8.20. The van der Waals surface area contributed by atoms with Gasteiger partial charge in [-0.3, -0.25) is 0 Å². The fourth-order valence-electron chi connectivity index (χ4n) is 2.88. The Morgan fingerprint density at radius 1 is 1.44 bits per heavy atom. The molecular formula is C15H23FN2. The zero-order valence-corrected chi connectivity index (χ0v) is 11.5. The largest absolute Gasteiger partial charge is 0.366 e. The van der Waals surface area contributed by atoms with Crippen molar-refractivity contribution in [2.24, 2.45) is 5.73 Å². The van der Waals surface area contributed by atoms with Crippen LogP contribution in [0.15, 0.2) is 18.2 Å². The standard InChI is InChI=1S/C15H23FN2/c1-11(17)9-12-10-13(16)5-6-14(12)18-8-4-7-15(18,2)3/h5-6,10-11H,4,7-9,17H2,1-3H3. The van der Waals surface area contributed by atoms with Gasteiger partial charge in [-0.1, -0.05) is 0 Å². The number of anilines is 1. The molecule has 0 aliphatic carbocycles. The Kier molecular flexibility index (Phi) is 3.62. The van der Waals surface area contributed by atoms with Gasteiger partial charge in [0, 0.05) is 23.8 Å². The predicted octanol–water partition coefficient (Wildman–Crippen LogP) is 3.09. The highest BCUT2D eigenvalue weighted by molar-refractivity contribution is 5.57. The van der Waals surface area contributed by atoms with Gasteiger partial charge in [0.15, 0.2) is 0 Å². The number of nitrogens with zero attached hydrogens (tertiary/aromatic N) is 1. The van der Waals surface area contributed by atoms with Crippen molar-refractivity contribution >= 4 is 5.69 Å². The van der Waals surface area contributed by atoms with Crippen LogP contribution in [-0.4, -0.2) is 18.1 Å². The van der Waals surface area contributed by atoms with Crippen LogP contribution in [0.5, 0.6) is 0 Å². The van der Waals surface area contributed by atoms with E-state index < -0.39 is 0 Å². The van der Waals surface area contributed by atoms with Crippen LogP contribution in [0, 0.1) is 5.82 Å². The zero-order chi connectivity index (χ0) is 13.3. The molecule has 0 bridgehead atoms. The maximum atomic E-state index is 13.4. The molecule has 3 heteroatoms. The Balaban J connectivity index is 2.37. The van der Waals surface area contributed by atoms with E-state index in [4.69, 9.17) is 5.73 Å². The molecule has 0 spiro atoms. The van der Waals surface area contributed by atoms with E-state index >= 15 is 0 Å². The molecule has 1 aromatic carbocycles. The summed E-state index contributed by atoms with van der Waals surface area (Å²) in [6.45, 7) is 7.51. The number of benzene rings is 1. The topological polar surface area (TPSA) is 29.3 Å². The average Bonchev–Trinajstić information content (AvgIpc) is 2.57. The summed E-state index contributed by atoms with van der Waals surface area (Å²) in [7, 11) is 0. The molecule has 1 aromatic rings. The Hall–Kier alpha value is -1.09. The lowest BCUT2D eigenvalue weighted by Gasteiger charge is -2.35. The predicted molar refractivity (Wildman–Crippen MR) is 74.4 cm³/mol. The first kappa shape index (κ1) is 13.3. The van der Waals surface area contributed by atoms with Gasteiger partial charge in [-0.05, 0) is 63.8 Å². The van der Waals surface area contributed by atoms with Crippen LogP contribution >= 0.6 is 0 Å². The second kappa shape index (κ2) is 4.88. The lowest BCUT2D eigenvalue weighted by atomic mass is 9.98. The second-order valence-electron chi connectivity index (χ2n) is 6.02. The van der Waals surface area contributed by atoms with Crippen molar-refractivity contribution in [1.82, 2.24) is 0 Å². The molecule has 1 unspecified atom stereocenters. The van der Waals surface area contributed by atoms with Gasteiger partial charge in [-0.15, -0.1) is 0 Å². The molecule has 0 aromatic heterocycles. The first-order valence-electron chi connectivity index (χ1n) is 6.72. The molecule has 2 rings (SSSR count). The van der Waals surface area contributed by atoms with Gasteiger partial charge < -0.3 is 10.6 Å². The highest BCUT2D eigenvalue weighted by atomic mass is 19.1. The highest BCUT2D eigenvalue weighted by Crippen LogP contribution is 2.36. The smallest absolute Gasteiger partial charge is 0.123 e. The Labute approximate surface area is 109 Å². The molecule has 2 nitrogen and oxygen atoms in total. The van der Waals surface area contributed by atoms with Crippen molar-refractivity contribution in [2.75, 3.05) is 11.4 Å². The molecule has 1 aliphatic heterocycles. The van der Waals surface area contributed by atoms with Crippen LogP contribution in [0.25, 0.3) is 0 Å². The Bertz CT molecular complexity index is 427. The minimum Gasteiger partial charge on any atom is -0.366 e. The molecule has 0 amide bonds. The summed E-state index contributed by atoms with van der Waals surface area (Å²) in [6.07, 6.45) is 3.10. The first-order chi connectivity index (χ1) is 8.40. The van der Waals surface area contributed by atoms with Crippen molar-refractivity contribution in [3.8, 4) is 0 Å². The van der Waals surface area contributed by atoms with Crippen LogP contribution in [0.3, 0.4) is 0 Å². The van der Waals surface area contributed by atoms with Gasteiger partial charge in [0.2, 0.25) is 0 Å². The van der Waals surface area contributed by atoms with Gasteiger partial charge >= 0.3 is 0 Å². The molecule has 1 atom stereocenters. The van der Waals surface area contributed by atoms with Crippen LogP contribution in [-0.2, 0) is 6.42 Å². The molecule has 2 N–H and O–H groups in total. The summed E-state index contributed by atoms with van der Waals surface area (Å²) in [5.74, 6) is -0.175. The summed E-state index contributed by atoms with van der Waals surface area (Å²) in [4.78, 5) is 2.39. The van der Waals surface area contributed by atoms with E-state index in [1.807, 2.05) is 13.0 Å². The Morgan fingerprint density at radius 3 is 2.72 bits per heavy atom. The molecule has 1 fully saturated rings. The number of rotatable bonds is 3. The number of hydrogen-bond donors (Lipinski definition) is 1. The normalized spacial score (nSPS) is 20.2. The van der Waals surface area contributed by atoms with Crippen molar-refractivity contribution in [2.45, 2.75) is 51.6 Å². The maximum absolute atomic E-state index is 13.4. The summed E-state index contributed by atoms with van der Waals surface area (Å²) < 4.78 is 13.4. The third kappa shape index (κ3) is 2.66. The van der Waals surface area contributed by atoms with Gasteiger partial charge in [-0.2, -0.15) is 0 Å². The molecule has 100 valence electrons. The van der Waals surface area contributed by atoms with Gasteiger partial charge in [0.25, 0.3) is 0 Å². The molecule has 1 aliphatic rings. The second-order valence-corrected chi connectivity index (χ2v) is 6.02. The van der Waals surface area contributed by atoms with E-state index in [0.717, 1.165) is 24.2 Å². The molecule has 18 heavy (non-hydrogen) atoms. The van der Waals surface area contributed by atoms with Crippen molar-refractivity contribution < 1.29 is 4.39 Å². The minimum absolute atomic E-state index is 0.0521. The molecule has 1 heterocycles. The fraction of sp³-hybridized carbons (Fsp3) is 0.600. The monoisotopic (exact) mass is 250 g/mol. The fourth-order valence-corrected chi connectivity index (χ4v) is 2.88. The van der Waals surface area contributed by atoms with Crippen LogP contribution in [0.1, 0.15) is 39.2 Å². The van der Waals surface area contributed by atoms with Gasteiger partial charge in [0.05, 0.1) is 0 Å². The average molecular weight is 250 g/mol. The highest BCUT2D eigenvalue weighted by Gasteiger charge is 2.33. The van der Waals surface area contributed by atoms with E-state index in [1.54, 1.807) is 12.1 Å². The number of hydrogen-bond acceptors (Lipinski definition) is 2. The minimum atomic E-state index is -0.175. The van der Waals surface area contributed by atoms with Crippen LogP contribution in [0.4, 0.5) is 10.1 Å². The van der Waals surface area contributed by atoms with Crippen molar-refractivity contribution in [3.63, 3.8) is 0 Å². The molecular weight excluding hydrogens is 227 g/mol. The summed E-state index contributed by atoms with van der Waals surface area (Å²) in [5, 5.41) is 0. The number of halogens is 1. The SMILES string of the molecule is CC(N)Cc1cc(F)ccc1N1CCCC1(C)C. The number of nitrogens with two attached hydrogens (primary N) is 1. The van der Waals surface area contributed by atoms with E-state index in [1.165, 1.54) is 12.8 Å². The maximum Gasteiger partial charge on any atom is 0.123 e. The quantitative estimate of drug-likeness (QED) is 0.893. The lowest BCUT2D eigenvalue weighted by Crippen LogP contribution is -2.39. The van der Waals surface area contributed by atoms with E-state index in [9.17, 15) is 4.39 Å². The zero-order valence-electron chi connectivity index (χ0n) is 11.5. The Morgan fingerprint density at radius 2 is 2.17 bits per heavy atom. The summed E-state index contributed by atoms with van der Waals surface area (Å²) in [6, 6.07) is 5.14. The van der Waals surface area contributed by atoms with Crippen LogP contribution < -0.4 is 10.6 Å². The van der Waals surface area contributed by atoms with Crippen molar-refractivity contribution in [1.29, 1.82) is 0 Å². The third-order valence-corrected chi connectivity index (χ3v) is 3.78.